The molecule has 2 fully saturated rings. The predicted octanol–water partition coefficient (Wildman–Crippen LogP) is 1.77. The molecule has 1 saturated heterocycles. The minimum absolute atomic E-state index is 0.0888. The first kappa shape index (κ1) is 18.2. The average Bonchev–Trinajstić information content (AvgIpc) is 2.88. The highest BCUT2D eigenvalue weighted by molar-refractivity contribution is 7.91. The quantitative estimate of drug-likeness (QED) is 0.877. The Kier molecular flexibility index (Phi) is 5.34. The normalized spacial score (nSPS) is 26.3. The van der Waals surface area contributed by atoms with Crippen molar-refractivity contribution in [3.05, 3.63) is 24.3 Å². The van der Waals surface area contributed by atoms with E-state index >= 15 is 0 Å². The molecular formula is C18H25NO5S. The zero-order valence-electron chi connectivity index (χ0n) is 14.4. The van der Waals surface area contributed by atoms with Gasteiger partial charge >= 0.3 is 0 Å². The van der Waals surface area contributed by atoms with E-state index in [-0.39, 0.29) is 23.3 Å². The number of aliphatic hydroxyl groups excluding tert-OH is 1. The SMILES string of the molecule is COc1cccc(N(C(=O)C2CCCCC2)C2CS(=O)(=O)CC2O)c1. The Hall–Kier alpha value is -1.60. The van der Waals surface area contributed by atoms with Crippen LogP contribution in [0.15, 0.2) is 24.3 Å². The molecule has 0 aromatic heterocycles. The zero-order chi connectivity index (χ0) is 18.0. The minimum atomic E-state index is -3.35. The monoisotopic (exact) mass is 367 g/mol. The lowest BCUT2D eigenvalue weighted by atomic mass is 9.87. The molecular weight excluding hydrogens is 342 g/mol. The maximum atomic E-state index is 13.2. The van der Waals surface area contributed by atoms with E-state index in [2.05, 4.69) is 0 Å². The van der Waals surface area contributed by atoms with Crippen LogP contribution < -0.4 is 9.64 Å². The van der Waals surface area contributed by atoms with E-state index in [4.69, 9.17) is 4.74 Å². The van der Waals surface area contributed by atoms with Crippen LogP contribution in [0.1, 0.15) is 32.1 Å². The first-order chi connectivity index (χ1) is 11.9. The summed E-state index contributed by atoms with van der Waals surface area (Å²) in [5.74, 6) is -0.112. The largest absolute Gasteiger partial charge is 0.497 e. The molecule has 1 aliphatic heterocycles. The number of nitrogens with zero attached hydrogens (tertiary/aromatic N) is 1. The van der Waals surface area contributed by atoms with E-state index in [1.807, 2.05) is 0 Å². The van der Waals surface area contributed by atoms with Crippen molar-refractivity contribution in [1.82, 2.24) is 0 Å². The van der Waals surface area contributed by atoms with Gasteiger partial charge in [0.15, 0.2) is 9.84 Å². The summed E-state index contributed by atoms with van der Waals surface area (Å²) in [4.78, 5) is 14.7. The second-order valence-corrected chi connectivity index (χ2v) is 9.11. The predicted molar refractivity (Wildman–Crippen MR) is 95.5 cm³/mol. The van der Waals surface area contributed by atoms with Gasteiger partial charge in [-0.25, -0.2) is 8.42 Å². The average molecular weight is 367 g/mol. The van der Waals surface area contributed by atoms with E-state index in [0.29, 0.717) is 11.4 Å². The molecule has 1 aromatic rings. The van der Waals surface area contributed by atoms with Gasteiger partial charge in [-0.3, -0.25) is 4.79 Å². The minimum Gasteiger partial charge on any atom is -0.497 e. The number of amides is 1. The molecule has 6 nitrogen and oxygen atoms in total. The molecule has 1 heterocycles. The molecule has 0 radical (unpaired) electrons. The standard InChI is InChI=1S/C18H25NO5S/c1-24-15-9-5-8-14(10-15)19(16-11-25(22,23)12-17(16)20)18(21)13-6-3-2-4-7-13/h5,8-10,13,16-17,20H,2-4,6-7,11-12H2,1H3. The molecule has 1 N–H and O–H groups in total. The lowest BCUT2D eigenvalue weighted by molar-refractivity contribution is -0.124. The number of hydrogen-bond donors (Lipinski definition) is 1. The van der Waals surface area contributed by atoms with Crippen LogP contribution in [0.2, 0.25) is 0 Å². The molecule has 1 aromatic carbocycles. The highest BCUT2D eigenvalue weighted by Gasteiger charge is 2.44. The van der Waals surface area contributed by atoms with Crippen LogP contribution in [0.5, 0.6) is 5.75 Å². The van der Waals surface area contributed by atoms with Gasteiger partial charge in [-0.2, -0.15) is 0 Å². The van der Waals surface area contributed by atoms with Gasteiger partial charge in [0.05, 0.1) is 30.8 Å². The van der Waals surface area contributed by atoms with Gasteiger partial charge in [-0.1, -0.05) is 25.3 Å². The molecule has 0 bridgehead atoms. The molecule has 7 heteroatoms. The summed E-state index contributed by atoms with van der Waals surface area (Å²) < 4.78 is 29.2. The molecule has 1 amide bonds. The lowest BCUT2D eigenvalue weighted by Crippen LogP contribution is -2.49. The van der Waals surface area contributed by atoms with Gasteiger partial charge < -0.3 is 14.7 Å². The van der Waals surface area contributed by atoms with Gasteiger partial charge in [0.25, 0.3) is 0 Å². The van der Waals surface area contributed by atoms with E-state index in [1.54, 1.807) is 31.4 Å². The van der Waals surface area contributed by atoms with Crippen molar-refractivity contribution in [2.45, 2.75) is 44.2 Å². The number of methoxy groups -OCH3 is 1. The fourth-order valence-corrected chi connectivity index (χ4v) is 5.62. The van der Waals surface area contributed by atoms with Gasteiger partial charge in [0.2, 0.25) is 5.91 Å². The third kappa shape index (κ3) is 3.98. The summed E-state index contributed by atoms with van der Waals surface area (Å²) in [6, 6.07) is 6.28. The van der Waals surface area contributed by atoms with Crippen molar-refractivity contribution in [2.24, 2.45) is 5.92 Å². The first-order valence-electron chi connectivity index (χ1n) is 8.77. The van der Waals surface area contributed by atoms with E-state index in [1.165, 1.54) is 4.90 Å². The fourth-order valence-electron chi connectivity index (χ4n) is 3.85. The van der Waals surface area contributed by atoms with Gasteiger partial charge in [0, 0.05) is 17.7 Å². The number of benzene rings is 1. The molecule has 25 heavy (non-hydrogen) atoms. The number of carbonyl (C=O) groups is 1. The second kappa shape index (κ2) is 7.33. The van der Waals surface area contributed by atoms with Crippen LogP contribution in [-0.2, 0) is 14.6 Å². The second-order valence-electron chi connectivity index (χ2n) is 6.96. The Morgan fingerprint density at radius 3 is 2.52 bits per heavy atom. The van der Waals surface area contributed by atoms with Gasteiger partial charge in [-0.05, 0) is 25.0 Å². The van der Waals surface area contributed by atoms with Crippen LogP contribution in [0.4, 0.5) is 5.69 Å². The van der Waals surface area contributed by atoms with E-state index < -0.39 is 22.0 Å². The molecule has 3 rings (SSSR count). The Bertz CT molecular complexity index is 727. The van der Waals surface area contributed by atoms with Crippen molar-refractivity contribution in [3.8, 4) is 5.75 Å². The molecule has 2 atom stereocenters. The third-order valence-corrected chi connectivity index (χ3v) is 6.85. The number of hydrogen-bond acceptors (Lipinski definition) is 5. The van der Waals surface area contributed by atoms with Crippen molar-refractivity contribution in [1.29, 1.82) is 0 Å². The van der Waals surface area contributed by atoms with Crippen LogP contribution in [0, 0.1) is 5.92 Å². The first-order valence-corrected chi connectivity index (χ1v) is 10.6. The topological polar surface area (TPSA) is 83.9 Å². The Labute approximate surface area is 148 Å². The summed E-state index contributed by atoms with van der Waals surface area (Å²) in [7, 11) is -1.81. The summed E-state index contributed by atoms with van der Waals surface area (Å²) in [5.41, 5.74) is 0.580. The Morgan fingerprint density at radius 1 is 1.20 bits per heavy atom. The molecule has 0 spiro atoms. The van der Waals surface area contributed by atoms with Gasteiger partial charge in [-0.15, -0.1) is 0 Å². The summed E-state index contributed by atoms with van der Waals surface area (Å²) >= 11 is 0. The van der Waals surface area contributed by atoms with Crippen molar-refractivity contribution in [3.63, 3.8) is 0 Å². The molecule has 1 aliphatic carbocycles. The van der Waals surface area contributed by atoms with E-state index in [9.17, 15) is 18.3 Å². The number of rotatable bonds is 4. The summed E-state index contributed by atoms with van der Waals surface area (Å²) in [6.07, 6.45) is 3.71. The molecule has 138 valence electrons. The maximum Gasteiger partial charge on any atom is 0.230 e. The Morgan fingerprint density at radius 2 is 1.92 bits per heavy atom. The van der Waals surface area contributed by atoms with Crippen LogP contribution in [0.3, 0.4) is 0 Å². The molecule has 2 aliphatic rings. The molecule has 1 saturated carbocycles. The van der Waals surface area contributed by atoms with Crippen LogP contribution >= 0.6 is 0 Å². The smallest absolute Gasteiger partial charge is 0.230 e. The number of carbonyl (C=O) groups excluding carboxylic acids is 1. The van der Waals surface area contributed by atoms with Crippen molar-refractivity contribution >= 4 is 21.4 Å². The summed E-state index contributed by atoms with van der Waals surface area (Å²) in [5, 5.41) is 10.3. The highest BCUT2D eigenvalue weighted by atomic mass is 32.2. The fraction of sp³-hybridized carbons (Fsp3) is 0.611. The van der Waals surface area contributed by atoms with Gasteiger partial charge in [0.1, 0.15) is 5.75 Å². The number of sulfone groups is 1. The third-order valence-electron chi connectivity index (χ3n) is 5.15. The number of ether oxygens (including phenoxy) is 1. The Balaban J connectivity index is 1.97. The lowest BCUT2D eigenvalue weighted by Gasteiger charge is -2.34. The number of aliphatic hydroxyl groups is 1. The highest BCUT2D eigenvalue weighted by Crippen LogP contribution is 2.33. The number of anilines is 1. The van der Waals surface area contributed by atoms with Crippen LogP contribution in [0.25, 0.3) is 0 Å². The zero-order valence-corrected chi connectivity index (χ0v) is 15.2. The summed E-state index contributed by atoms with van der Waals surface area (Å²) in [6.45, 7) is 0. The van der Waals surface area contributed by atoms with E-state index in [0.717, 1.165) is 32.1 Å². The molecule has 2 unspecified atom stereocenters. The maximum absolute atomic E-state index is 13.2. The van der Waals surface area contributed by atoms with Crippen molar-refractivity contribution in [2.75, 3.05) is 23.5 Å². The van der Waals surface area contributed by atoms with Crippen LogP contribution in [-0.4, -0.2) is 50.2 Å². The van der Waals surface area contributed by atoms with Crippen molar-refractivity contribution < 1.29 is 23.1 Å².